The van der Waals surface area contributed by atoms with Crippen LogP contribution in [-0.4, -0.2) is 22.5 Å². The fraction of sp³-hybridized carbons (Fsp3) is 0.250. The van der Waals surface area contributed by atoms with Gasteiger partial charge in [-0.15, -0.1) is 0 Å². The number of benzene rings is 1. The molecule has 0 aliphatic heterocycles. The molecule has 0 amide bonds. The van der Waals surface area contributed by atoms with Crippen molar-refractivity contribution in [1.29, 1.82) is 0 Å². The predicted octanol–water partition coefficient (Wildman–Crippen LogP) is 2.56. The van der Waals surface area contributed by atoms with Gasteiger partial charge in [-0.05, 0) is 26.0 Å². The van der Waals surface area contributed by atoms with Crippen LogP contribution in [0, 0.1) is 17.0 Å². The Kier molecular flexibility index (Phi) is 3.01. The number of aryl methyl sites for hydroxylation is 1. The molecule has 0 radical (unpaired) electrons. The van der Waals surface area contributed by atoms with Gasteiger partial charge >= 0.3 is 5.97 Å². The first-order chi connectivity index (χ1) is 8.54. The van der Waals surface area contributed by atoms with Crippen molar-refractivity contribution in [3.63, 3.8) is 0 Å². The minimum atomic E-state index is -0.513. The van der Waals surface area contributed by atoms with Gasteiger partial charge in [0.15, 0.2) is 0 Å². The highest BCUT2D eigenvalue weighted by Gasteiger charge is 2.20. The molecule has 0 aliphatic carbocycles. The molecule has 6 heteroatoms. The van der Waals surface area contributed by atoms with E-state index in [0.717, 1.165) is 0 Å². The number of nitro benzene ring substituents is 1. The lowest BCUT2D eigenvalue weighted by atomic mass is 10.1. The van der Waals surface area contributed by atoms with Gasteiger partial charge in [0.1, 0.15) is 5.69 Å². The molecule has 0 spiro atoms. The number of nitrogens with zero attached hydrogens (tertiary/aromatic N) is 1. The minimum absolute atomic E-state index is 0.0132. The Morgan fingerprint density at radius 3 is 2.83 bits per heavy atom. The van der Waals surface area contributed by atoms with Crippen LogP contribution in [0.3, 0.4) is 0 Å². The maximum absolute atomic E-state index is 11.6. The first kappa shape index (κ1) is 12.1. The van der Waals surface area contributed by atoms with E-state index in [-0.39, 0.29) is 18.0 Å². The summed E-state index contributed by atoms with van der Waals surface area (Å²) in [5, 5.41) is 11.4. The molecule has 1 heterocycles. The number of hydrogen-bond acceptors (Lipinski definition) is 4. The molecule has 0 fully saturated rings. The van der Waals surface area contributed by atoms with E-state index in [4.69, 9.17) is 4.74 Å². The maximum atomic E-state index is 11.6. The van der Waals surface area contributed by atoms with Crippen molar-refractivity contribution >= 4 is 22.6 Å². The number of ether oxygens (including phenoxy) is 1. The minimum Gasteiger partial charge on any atom is -0.461 e. The van der Waals surface area contributed by atoms with Crippen molar-refractivity contribution in [3.8, 4) is 0 Å². The van der Waals surface area contributed by atoms with Crippen molar-refractivity contribution in [1.82, 2.24) is 4.98 Å². The number of rotatable bonds is 3. The summed E-state index contributed by atoms with van der Waals surface area (Å²) >= 11 is 0. The van der Waals surface area contributed by atoms with Crippen LogP contribution in [0.25, 0.3) is 10.9 Å². The number of aromatic nitrogens is 1. The molecule has 1 N–H and O–H groups in total. The fourth-order valence-electron chi connectivity index (χ4n) is 1.86. The summed E-state index contributed by atoms with van der Waals surface area (Å²) in [7, 11) is 0. The normalized spacial score (nSPS) is 10.6. The van der Waals surface area contributed by atoms with Gasteiger partial charge in [-0.3, -0.25) is 10.1 Å². The highest BCUT2D eigenvalue weighted by atomic mass is 16.6. The summed E-state index contributed by atoms with van der Waals surface area (Å²) in [4.78, 5) is 25.0. The zero-order valence-corrected chi connectivity index (χ0v) is 10.0. The standard InChI is InChI=1S/C12H12N2O4/c1-3-18-12(15)10-6-8-9(13-10)5-4-7(2)11(8)14(16)17/h4-6,13H,3H2,1-2H3. The van der Waals surface area contributed by atoms with E-state index in [1.807, 2.05) is 0 Å². The van der Waals surface area contributed by atoms with Crippen LogP contribution in [0.1, 0.15) is 23.0 Å². The van der Waals surface area contributed by atoms with Crippen molar-refractivity contribution in [3.05, 3.63) is 39.6 Å². The van der Waals surface area contributed by atoms with Crippen LogP contribution in [0.5, 0.6) is 0 Å². The second-order valence-corrected chi connectivity index (χ2v) is 3.85. The lowest BCUT2D eigenvalue weighted by molar-refractivity contribution is -0.383. The Hall–Kier alpha value is -2.37. The Morgan fingerprint density at radius 1 is 1.50 bits per heavy atom. The number of aromatic amines is 1. The van der Waals surface area contributed by atoms with Gasteiger partial charge in [0.2, 0.25) is 0 Å². The third-order valence-electron chi connectivity index (χ3n) is 2.65. The van der Waals surface area contributed by atoms with Gasteiger partial charge in [0.25, 0.3) is 5.69 Å². The molecule has 2 aromatic rings. The summed E-state index contributed by atoms with van der Waals surface area (Å²) in [6, 6.07) is 4.81. The van der Waals surface area contributed by atoms with E-state index < -0.39 is 10.9 Å². The van der Waals surface area contributed by atoms with Crippen molar-refractivity contribution in [2.75, 3.05) is 6.61 Å². The molecule has 18 heavy (non-hydrogen) atoms. The van der Waals surface area contributed by atoms with Gasteiger partial charge in [0, 0.05) is 5.56 Å². The van der Waals surface area contributed by atoms with Crippen LogP contribution in [0.2, 0.25) is 0 Å². The molecule has 94 valence electrons. The summed E-state index contributed by atoms with van der Waals surface area (Å²) in [5.74, 6) is -0.513. The van der Waals surface area contributed by atoms with Gasteiger partial charge in [-0.25, -0.2) is 4.79 Å². The zero-order valence-electron chi connectivity index (χ0n) is 10.0. The molecule has 0 aliphatic rings. The SMILES string of the molecule is CCOC(=O)c1cc2c([N+](=O)[O-])c(C)ccc2[nH]1. The average Bonchev–Trinajstić information content (AvgIpc) is 2.72. The number of carbonyl (C=O) groups is 1. The van der Waals surface area contributed by atoms with Gasteiger partial charge < -0.3 is 9.72 Å². The molecule has 1 aromatic carbocycles. The van der Waals surface area contributed by atoms with E-state index in [0.29, 0.717) is 16.5 Å². The third kappa shape index (κ3) is 1.92. The average molecular weight is 248 g/mol. The highest BCUT2D eigenvalue weighted by Crippen LogP contribution is 2.29. The lowest BCUT2D eigenvalue weighted by Crippen LogP contribution is -2.04. The maximum Gasteiger partial charge on any atom is 0.354 e. The molecule has 0 saturated heterocycles. The number of hydrogen-bond donors (Lipinski definition) is 1. The number of nitro groups is 1. The first-order valence-electron chi connectivity index (χ1n) is 5.48. The Morgan fingerprint density at radius 2 is 2.22 bits per heavy atom. The molecule has 2 rings (SSSR count). The second kappa shape index (κ2) is 4.48. The van der Waals surface area contributed by atoms with Crippen LogP contribution in [-0.2, 0) is 4.74 Å². The number of fused-ring (bicyclic) bond motifs is 1. The second-order valence-electron chi connectivity index (χ2n) is 3.85. The summed E-state index contributed by atoms with van der Waals surface area (Å²) in [6.07, 6.45) is 0. The van der Waals surface area contributed by atoms with Gasteiger partial charge in [0.05, 0.1) is 22.4 Å². The number of nitrogens with one attached hydrogen (secondary N) is 1. The van der Waals surface area contributed by atoms with Crippen LogP contribution in [0.15, 0.2) is 18.2 Å². The molecule has 0 atom stereocenters. The zero-order chi connectivity index (χ0) is 13.3. The Bertz CT molecular complexity index is 630. The Labute approximate surface area is 103 Å². The van der Waals surface area contributed by atoms with E-state index in [1.165, 1.54) is 6.07 Å². The largest absolute Gasteiger partial charge is 0.461 e. The molecule has 0 unspecified atom stereocenters. The fourth-order valence-corrected chi connectivity index (χ4v) is 1.86. The van der Waals surface area contributed by atoms with Crippen LogP contribution >= 0.6 is 0 Å². The third-order valence-corrected chi connectivity index (χ3v) is 2.65. The summed E-state index contributed by atoms with van der Waals surface area (Å²) in [5.41, 5.74) is 1.34. The van der Waals surface area contributed by atoms with Crippen LogP contribution in [0.4, 0.5) is 5.69 Å². The molecular weight excluding hydrogens is 236 g/mol. The molecule has 0 saturated carbocycles. The predicted molar refractivity (Wildman–Crippen MR) is 65.6 cm³/mol. The lowest BCUT2D eigenvalue weighted by Gasteiger charge is -1.97. The summed E-state index contributed by atoms with van der Waals surface area (Å²) in [6.45, 7) is 3.62. The van der Waals surface area contributed by atoms with E-state index in [9.17, 15) is 14.9 Å². The topological polar surface area (TPSA) is 85.2 Å². The van der Waals surface area contributed by atoms with E-state index in [1.54, 1.807) is 26.0 Å². The van der Waals surface area contributed by atoms with Crippen molar-refractivity contribution in [2.24, 2.45) is 0 Å². The van der Waals surface area contributed by atoms with Crippen molar-refractivity contribution in [2.45, 2.75) is 13.8 Å². The van der Waals surface area contributed by atoms with E-state index in [2.05, 4.69) is 4.98 Å². The number of esters is 1. The van der Waals surface area contributed by atoms with Crippen LogP contribution < -0.4 is 0 Å². The number of H-pyrrole nitrogens is 1. The molecule has 1 aromatic heterocycles. The highest BCUT2D eigenvalue weighted by molar-refractivity contribution is 5.98. The number of carbonyl (C=O) groups excluding carboxylic acids is 1. The molecular formula is C12H12N2O4. The Balaban J connectivity index is 2.61. The van der Waals surface area contributed by atoms with Gasteiger partial charge in [-0.2, -0.15) is 0 Å². The summed E-state index contributed by atoms with van der Waals surface area (Å²) < 4.78 is 4.85. The van der Waals surface area contributed by atoms with Crippen molar-refractivity contribution < 1.29 is 14.5 Å². The monoisotopic (exact) mass is 248 g/mol. The first-order valence-corrected chi connectivity index (χ1v) is 5.48. The smallest absolute Gasteiger partial charge is 0.354 e. The molecule has 0 bridgehead atoms. The quantitative estimate of drug-likeness (QED) is 0.514. The molecule has 6 nitrogen and oxygen atoms in total. The van der Waals surface area contributed by atoms with Gasteiger partial charge in [-0.1, -0.05) is 6.07 Å². The van der Waals surface area contributed by atoms with E-state index >= 15 is 0 Å².